The van der Waals surface area contributed by atoms with E-state index in [0.717, 1.165) is 12.8 Å². The Labute approximate surface area is 73.3 Å². The molecule has 1 saturated carbocycles. The molecule has 0 radical (unpaired) electrons. The van der Waals surface area contributed by atoms with Crippen molar-refractivity contribution in [1.29, 1.82) is 0 Å². The third-order valence-corrected chi connectivity index (χ3v) is 3.69. The van der Waals surface area contributed by atoms with Crippen molar-refractivity contribution in [1.82, 2.24) is 0 Å². The lowest BCUT2D eigenvalue weighted by molar-refractivity contribution is -0.159. The molecule has 2 saturated heterocycles. The number of fused-ring (bicyclic) bond motifs is 3. The molecule has 0 unspecified atom stereocenters. The number of hydrogen-bond donors (Lipinski definition) is 0. The summed E-state index contributed by atoms with van der Waals surface area (Å²) in [6, 6.07) is 0. The molecule has 2 heterocycles. The van der Waals surface area contributed by atoms with Crippen LogP contribution in [0.25, 0.3) is 0 Å². The Morgan fingerprint density at radius 1 is 1.42 bits per heavy atom. The predicted octanol–water partition coefficient (Wildman–Crippen LogP) is 1.98. The second-order valence-corrected chi connectivity index (χ2v) is 4.79. The summed E-state index contributed by atoms with van der Waals surface area (Å²) in [5.41, 5.74) is 0.196. The van der Waals surface area contributed by atoms with Gasteiger partial charge in [-0.05, 0) is 31.1 Å². The summed E-state index contributed by atoms with van der Waals surface area (Å²) >= 11 is 0. The minimum absolute atomic E-state index is 0.0289. The molecule has 2 bridgehead atoms. The first-order chi connectivity index (χ1) is 5.51. The van der Waals surface area contributed by atoms with Crippen LogP contribution in [0, 0.1) is 17.3 Å². The average Bonchev–Trinajstić information content (AvgIpc) is 2.14. The summed E-state index contributed by atoms with van der Waals surface area (Å²) < 4.78 is 5.26. The molecule has 2 nitrogen and oxygen atoms in total. The normalized spacial score (nSPS) is 44.2. The fourth-order valence-electron chi connectivity index (χ4n) is 2.55. The van der Waals surface area contributed by atoms with Crippen molar-refractivity contribution in [2.24, 2.45) is 17.3 Å². The number of ether oxygens (including phenoxy) is 1. The Balaban J connectivity index is 2.23. The van der Waals surface area contributed by atoms with Crippen molar-refractivity contribution < 1.29 is 9.53 Å². The van der Waals surface area contributed by atoms with Gasteiger partial charge in [0, 0.05) is 0 Å². The van der Waals surface area contributed by atoms with Gasteiger partial charge in [-0.15, -0.1) is 0 Å². The summed E-state index contributed by atoms with van der Waals surface area (Å²) in [4.78, 5) is 11.5. The van der Waals surface area contributed by atoms with Crippen LogP contribution in [-0.2, 0) is 9.53 Å². The fraction of sp³-hybridized carbons (Fsp3) is 0.900. The van der Waals surface area contributed by atoms with Crippen molar-refractivity contribution >= 4 is 5.97 Å². The molecular weight excluding hydrogens is 152 g/mol. The summed E-state index contributed by atoms with van der Waals surface area (Å²) in [7, 11) is 0. The van der Waals surface area contributed by atoms with Gasteiger partial charge in [-0.1, -0.05) is 13.8 Å². The summed E-state index contributed by atoms with van der Waals surface area (Å²) in [5.74, 6) is 0.901. The smallest absolute Gasteiger partial charge is 0.309 e. The van der Waals surface area contributed by atoms with Gasteiger partial charge in [0.2, 0.25) is 0 Å². The van der Waals surface area contributed by atoms with Crippen molar-refractivity contribution in [3.05, 3.63) is 0 Å². The molecule has 3 atom stereocenters. The Morgan fingerprint density at radius 3 is 2.67 bits per heavy atom. The SMILES string of the molecule is C[C@H]1C[C@H]2C[C@@H](C(=O)O1)C2(C)C. The fourth-order valence-corrected chi connectivity index (χ4v) is 2.55. The molecule has 0 amide bonds. The highest BCUT2D eigenvalue weighted by Gasteiger charge is 2.54. The second kappa shape index (κ2) is 2.24. The van der Waals surface area contributed by atoms with Crippen molar-refractivity contribution in [2.75, 3.05) is 0 Å². The summed E-state index contributed by atoms with van der Waals surface area (Å²) in [6.45, 7) is 6.37. The second-order valence-electron chi connectivity index (χ2n) is 4.79. The quantitative estimate of drug-likeness (QED) is 0.517. The molecule has 0 aromatic heterocycles. The molecule has 2 aliphatic heterocycles. The van der Waals surface area contributed by atoms with E-state index < -0.39 is 0 Å². The first-order valence-corrected chi connectivity index (χ1v) is 4.72. The summed E-state index contributed by atoms with van der Waals surface area (Å²) in [6.07, 6.45) is 2.24. The van der Waals surface area contributed by atoms with Crippen molar-refractivity contribution in [2.45, 2.75) is 39.7 Å². The molecule has 2 heteroatoms. The van der Waals surface area contributed by atoms with Gasteiger partial charge >= 0.3 is 5.97 Å². The highest BCUT2D eigenvalue weighted by molar-refractivity contribution is 5.75. The molecule has 68 valence electrons. The maximum Gasteiger partial charge on any atom is 0.309 e. The van der Waals surface area contributed by atoms with E-state index in [0.29, 0.717) is 5.92 Å². The standard InChI is InChI=1S/C10H16O2/c1-6-4-7-5-8(9(11)12-6)10(7,2)3/h6-8H,4-5H2,1-3H3/t6-,7-,8-/m0/s1. The lowest BCUT2D eigenvalue weighted by Crippen LogP contribution is -2.47. The van der Waals surface area contributed by atoms with E-state index in [4.69, 9.17) is 4.74 Å². The van der Waals surface area contributed by atoms with Gasteiger partial charge in [0.1, 0.15) is 0 Å². The van der Waals surface area contributed by atoms with Gasteiger partial charge in [0.15, 0.2) is 0 Å². The molecular formula is C10H16O2. The first-order valence-electron chi connectivity index (χ1n) is 4.72. The largest absolute Gasteiger partial charge is 0.462 e. The number of esters is 1. The first kappa shape index (κ1) is 8.09. The minimum atomic E-state index is 0.0289. The van der Waals surface area contributed by atoms with Crippen LogP contribution in [0.15, 0.2) is 0 Å². The van der Waals surface area contributed by atoms with Crippen molar-refractivity contribution in [3.63, 3.8) is 0 Å². The van der Waals surface area contributed by atoms with Gasteiger partial charge in [0.25, 0.3) is 0 Å². The van der Waals surface area contributed by atoms with Crippen LogP contribution < -0.4 is 0 Å². The number of hydrogen-bond acceptors (Lipinski definition) is 2. The average molecular weight is 168 g/mol. The maximum absolute atomic E-state index is 11.5. The van der Waals surface area contributed by atoms with E-state index >= 15 is 0 Å². The van der Waals surface area contributed by atoms with Gasteiger partial charge in [-0.3, -0.25) is 4.79 Å². The van der Waals surface area contributed by atoms with E-state index in [1.807, 2.05) is 6.92 Å². The zero-order valence-corrected chi connectivity index (χ0v) is 7.96. The van der Waals surface area contributed by atoms with E-state index in [1.54, 1.807) is 0 Å². The topological polar surface area (TPSA) is 26.3 Å². The molecule has 0 spiro atoms. The number of carbonyl (C=O) groups excluding carboxylic acids is 1. The molecule has 3 aliphatic rings. The molecule has 3 rings (SSSR count). The van der Waals surface area contributed by atoms with Gasteiger partial charge < -0.3 is 4.74 Å². The van der Waals surface area contributed by atoms with E-state index in [-0.39, 0.29) is 23.4 Å². The Hall–Kier alpha value is -0.530. The summed E-state index contributed by atoms with van der Waals surface area (Å²) in [5, 5.41) is 0. The zero-order chi connectivity index (χ0) is 8.93. The van der Waals surface area contributed by atoms with E-state index in [2.05, 4.69) is 13.8 Å². The molecule has 1 aliphatic carbocycles. The highest BCUT2D eigenvalue weighted by atomic mass is 16.5. The third kappa shape index (κ3) is 0.900. The zero-order valence-electron chi connectivity index (χ0n) is 7.96. The number of rotatable bonds is 0. The number of carbonyl (C=O) groups is 1. The van der Waals surface area contributed by atoms with Crippen LogP contribution in [-0.4, -0.2) is 12.1 Å². The van der Waals surface area contributed by atoms with E-state index in [1.165, 1.54) is 0 Å². The van der Waals surface area contributed by atoms with Gasteiger partial charge in [0.05, 0.1) is 12.0 Å². The minimum Gasteiger partial charge on any atom is -0.462 e. The third-order valence-electron chi connectivity index (χ3n) is 3.69. The molecule has 0 N–H and O–H groups in total. The van der Waals surface area contributed by atoms with Gasteiger partial charge in [-0.2, -0.15) is 0 Å². The molecule has 12 heavy (non-hydrogen) atoms. The van der Waals surface area contributed by atoms with E-state index in [9.17, 15) is 4.79 Å². The highest BCUT2D eigenvalue weighted by Crippen LogP contribution is 2.55. The van der Waals surface area contributed by atoms with Crippen molar-refractivity contribution in [3.8, 4) is 0 Å². The van der Waals surface area contributed by atoms with Crippen LogP contribution in [0.5, 0.6) is 0 Å². The van der Waals surface area contributed by atoms with Crippen LogP contribution in [0.3, 0.4) is 0 Å². The van der Waals surface area contributed by atoms with Gasteiger partial charge in [-0.25, -0.2) is 0 Å². The molecule has 0 aromatic carbocycles. The van der Waals surface area contributed by atoms with Crippen LogP contribution in [0.1, 0.15) is 33.6 Å². The Morgan fingerprint density at radius 2 is 2.08 bits per heavy atom. The van der Waals surface area contributed by atoms with Crippen LogP contribution in [0.4, 0.5) is 0 Å². The molecule has 3 fully saturated rings. The lowest BCUT2D eigenvalue weighted by atomic mass is 9.54. The monoisotopic (exact) mass is 168 g/mol. The lowest BCUT2D eigenvalue weighted by Gasteiger charge is -2.48. The Bertz CT molecular complexity index is 220. The van der Waals surface area contributed by atoms with Crippen LogP contribution >= 0.6 is 0 Å². The molecule has 0 aromatic rings. The maximum atomic E-state index is 11.5. The Kier molecular flexibility index (Phi) is 1.51. The van der Waals surface area contributed by atoms with Crippen LogP contribution in [0.2, 0.25) is 0 Å². The predicted molar refractivity (Wildman–Crippen MR) is 45.5 cm³/mol.